The van der Waals surface area contributed by atoms with Crippen LogP contribution in [0.3, 0.4) is 0 Å². The van der Waals surface area contributed by atoms with Gasteiger partial charge in [-0.25, -0.2) is 0 Å². The molecule has 0 heterocycles. The Morgan fingerprint density at radius 3 is 1.94 bits per heavy atom. The van der Waals surface area contributed by atoms with Gasteiger partial charge in [0.2, 0.25) is 0 Å². The van der Waals surface area contributed by atoms with Gasteiger partial charge in [0.15, 0.2) is 5.92 Å². The van der Waals surface area contributed by atoms with E-state index in [0.717, 1.165) is 12.1 Å². The van der Waals surface area contributed by atoms with Crippen molar-refractivity contribution in [3.63, 3.8) is 0 Å². The number of aliphatic carboxylic acids is 1. The van der Waals surface area contributed by atoms with Crippen molar-refractivity contribution in [3.8, 4) is 0 Å². The third-order valence-corrected chi connectivity index (χ3v) is 2.23. The Kier molecular flexibility index (Phi) is 3.70. The molecule has 7 heteroatoms. The molecule has 1 unspecified atom stereocenters. The SMILES string of the molecule is O=C(O)C(c1cc(Cl)cc(Cl)c1)C(F)(F)F. The van der Waals surface area contributed by atoms with Crippen LogP contribution >= 0.6 is 23.2 Å². The zero-order valence-corrected chi connectivity index (χ0v) is 9.07. The Morgan fingerprint density at radius 2 is 1.62 bits per heavy atom. The lowest BCUT2D eigenvalue weighted by Crippen LogP contribution is -2.28. The molecule has 0 aliphatic carbocycles. The molecule has 0 saturated heterocycles. The lowest BCUT2D eigenvalue weighted by molar-refractivity contribution is -0.176. The molecule has 16 heavy (non-hydrogen) atoms. The molecular formula is C9H5Cl2F3O2. The second-order valence-electron chi connectivity index (χ2n) is 3.02. The van der Waals surface area contributed by atoms with Crippen LogP contribution in [-0.2, 0) is 4.79 Å². The van der Waals surface area contributed by atoms with Gasteiger partial charge in [0, 0.05) is 10.0 Å². The van der Waals surface area contributed by atoms with Crippen molar-refractivity contribution >= 4 is 29.2 Å². The van der Waals surface area contributed by atoms with Crippen LogP contribution in [0, 0.1) is 0 Å². The molecule has 2 nitrogen and oxygen atoms in total. The molecule has 88 valence electrons. The van der Waals surface area contributed by atoms with Crippen LogP contribution in [0.4, 0.5) is 13.2 Å². The van der Waals surface area contributed by atoms with Crippen LogP contribution in [-0.4, -0.2) is 17.3 Å². The van der Waals surface area contributed by atoms with Crippen LogP contribution in [0.25, 0.3) is 0 Å². The number of hydrogen-bond acceptors (Lipinski definition) is 1. The summed E-state index contributed by atoms with van der Waals surface area (Å²) in [6, 6.07) is 3.08. The number of halogens is 5. The van der Waals surface area contributed by atoms with Crippen molar-refractivity contribution < 1.29 is 23.1 Å². The second-order valence-corrected chi connectivity index (χ2v) is 3.89. The van der Waals surface area contributed by atoms with E-state index in [-0.39, 0.29) is 10.0 Å². The quantitative estimate of drug-likeness (QED) is 0.891. The molecule has 1 aromatic carbocycles. The summed E-state index contributed by atoms with van der Waals surface area (Å²) in [6.45, 7) is 0. The minimum Gasteiger partial charge on any atom is -0.481 e. The molecule has 0 radical (unpaired) electrons. The standard InChI is InChI=1S/C9H5Cl2F3O2/c10-5-1-4(2-6(11)3-5)7(8(15)16)9(12,13)14/h1-3,7H,(H,15,16). The summed E-state index contributed by atoms with van der Waals surface area (Å²) in [6.07, 6.45) is -4.89. The second kappa shape index (κ2) is 4.51. The molecule has 1 atom stereocenters. The first-order valence-corrected chi connectivity index (χ1v) is 4.73. The van der Waals surface area contributed by atoms with Gasteiger partial charge in [0.05, 0.1) is 0 Å². The first kappa shape index (κ1) is 13.1. The normalized spacial score (nSPS) is 13.6. The van der Waals surface area contributed by atoms with Crippen molar-refractivity contribution in [1.82, 2.24) is 0 Å². The Hall–Kier alpha value is -0.940. The predicted molar refractivity (Wildman–Crippen MR) is 52.9 cm³/mol. The zero-order valence-electron chi connectivity index (χ0n) is 7.55. The third-order valence-electron chi connectivity index (χ3n) is 1.79. The Bertz CT molecular complexity index is 397. The van der Waals surface area contributed by atoms with Crippen LogP contribution < -0.4 is 0 Å². The fourth-order valence-electron chi connectivity index (χ4n) is 1.21. The third kappa shape index (κ3) is 3.02. The molecule has 1 rings (SSSR count). The molecule has 0 spiro atoms. The van der Waals surface area contributed by atoms with Crippen molar-refractivity contribution in [2.75, 3.05) is 0 Å². The summed E-state index contributed by atoms with van der Waals surface area (Å²) < 4.78 is 37.4. The minimum absolute atomic E-state index is 0.0435. The van der Waals surface area contributed by atoms with Gasteiger partial charge < -0.3 is 5.11 Å². The highest BCUT2D eigenvalue weighted by atomic mass is 35.5. The Labute approximate surface area is 98.6 Å². The molecule has 0 amide bonds. The maximum absolute atomic E-state index is 12.5. The van der Waals surface area contributed by atoms with Gasteiger partial charge in [-0.3, -0.25) is 4.79 Å². The molecule has 0 aliphatic rings. The molecule has 0 aromatic heterocycles. The number of alkyl halides is 3. The van der Waals surface area contributed by atoms with Crippen molar-refractivity contribution in [3.05, 3.63) is 33.8 Å². The molecule has 0 fully saturated rings. The summed E-state index contributed by atoms with van der Waals surface area (Å²) >= 11 is 11.0. The highest BCUT2D eigenvalue weighted by Gasteiger charge is 2.46. The van der Waals surface area contributed by atoms with Gasteiger partial charge in [0.25, 0.3) is 0 Å². The highest BCUT2D eigenvalue weighted by Crippen LogP contribution is 2.37. The largest absolute Gasteiger partial charge is 0.481 e. The summed E-state index contributed by atoms with van der Waals surface area (Å²) in [7, 11) is 0. The fraction of sp³-hybridized carbons (Fsp3) is 0.222. The summed E-state index contributed by atoms with van der Waals surface area (Å²) in [5.41, 5.74) is -0.488. The monoisotopic (exact) mass is 272 g/mol. The van der Waals surface area contributed by atoms with E-state index < -0.39 is 23.6 Å². The summed E-state index contributed by atoms with van der Waals surface area (Å²) in [4.78, 5) is 10.6. The van der Waals surface area contributed by atoms with E-state index >= 15 is 0 Å². The van der Waals surface area contributed by atoms with E-state index in [1.165, 1.54) is 6.07 Å². The fourth-order valence-corrected chi connectivity index (χ4v) is 1.76. The Balaban J connectivity index is 3.27. The van der Waals surface area contributed by atoms with Crippen molar-refractivity contribution in [1.29, 1.82) is 0 Å². The first-order chi connectivity index (χ1) is 7.21. The van der Waals surface area contributed by atoms with E-state index in [9.17, 15) is 18.0 Å². The van der Waals surface area contributed by atoms with E-state index in [1.54, 1.807) is 0 Å². The van der Waals surface area contributed by atoms with Crippen LogP contribution in [0.1, 0.15) is 11.5 Å². The average molecular weight is 273 g/mol. The first-order valence-electron chi connectivity index (χ1n) is 3.97. The highest BCUT2D eigenvalue weighted by molar-refractivity contribution is 6.34. The maximum Gasteiger partial charge on any atom is 0.406 e. The number of carboxylic acid groups (broad SMARTS) is 1. The van der Waals surface area contributed by atoms with E-state index in [1.807, 2.05) is 0 Å². The smallest absolute Gasteiger partial charge is 0.406 e. The summed E-state index contributed by atoms with van der Waals surface area (Å²) in [5.74, 6) is -4.62. The summed E-state index contributed by atoms with van der Waals surface area (Å²) in [5, 5.41) is 8.45. The molecule has 0 saturated carbocycles. The van der Waals surface area contributed by atoms with Gasteiger partial charge >= 0.3 is 12.1 Å². The van der Waals surface area contributed by atoms with Gasteiger partial charge in [0.1, 0.15) is 0 Å². The Morgan fingerprint density at radius 1 is 1.19 bits per heavy atom. The van der Waals surface area contributed by atoms with Gasteiger partial charge in [-0.2, -0.15) is 13.2 Å². The molecular weight excluding hydrogens is 268 g/mol. The average Bonchev–Trinajstić information content (AvgIpc) is 1.96. The minimum atomic E-state index is -4.89. The number of rotatable bonds is 2. The van der Waals surface area contributed by atoms with Crippen LogP contribution in [0.15, 0.2) is 18.2 Å². The lowest BCUT2D eigenvalue weighted by atomic mass is 9.99. The van der Waals surface area contributed by atoms with Crippen LogP contribution in [0.2, 0.25) is 10.0 Å². The molecule has 1 N–H and O–H groups in total. The van der Waals surface area contributed by atoms with Gasteiger partial charge in [-0.05, 0) is 23.8 Å². The number of hydrogen-bond donors (Lipinski definition) is 1. The topological polar surface area (TPSA) is 37.3 Å². The zero-order chi connectivity index (χ0) is 12.5. The number of benzene rings is 1. The van der Waals surface area contributed by atoms with Crippen molar-refractivity contribution in [2.24, 2.45) is 0 Å². The van der Waals surface area contributed by atoms with E-state index in [0.29, 0.717) is 0 Å². The predicted octanol–water partition coefficient (Wildman–Crippen LogP) is 3.72. The molecule has 0 bridgehead atoms. The van der Waals surface area contributed by atoms with E-state index in [2.05, 4.69) is 0 Å². The molecule has 1 aromatic rings. The molecule has 0 aliphatic heterocycles. The van der Waals surface area contributed by atoms with Gasteiger partial charge in [-0.15, -0.1) is 0 Å². The van der Waals surface area contributed by atoms with Gasteiger partial charge in [-0.1, -0.05) is 23.2 Å². The van der Waals surface area contributed by atoms with E-state index in [4.69, 9.17) is 28.3 Å². The number of carboxylic acids is 1. The van der Waals surface area contributed by atoms with Crippen LogP contribution in [0.5, 0.6) is 0 Å². The van der Waals surface area contributed by atoms with Crippen molar-refractivity contribution in [2.45, 2.75) is 12.1 Å². The number of carbonyl (C=O) groups is 1. The lowest BCUT2D eigenvalue weighted by Gasteiger charge is -2.16. The maximum atomic E-state index is 12.5.